The maximum absolute atomic E-state index is 12.1. The van der Waals surface area contributed by atoms with E-state index in [0.29, 0.717) is 5.65 Å². The number of nitrogens with zero attached hydrogens (tertiary/aromatic N) is 3. The average Bonchev–Trinajstić information content (AvgIpc) is 3.04. The molecule has 2 heterocycles. The lowest BCUT2D eigenvalue weighted by Gasteiger charge is -2.12. The van der Waals surface area contributed by atoms with Crippen LogP contribution in [0.1, 0.15) is 23.0 Å². The van der Waals surface area contributed by atoms with Crippen molar-refractivity contribution in [2.45, 2.75) is 13.5 Å². The van der Waals surface area contributed by atoms with Crippen LogP contribution < -0.4 is 4.74 Å². The summed E-state index contributed by atoms with van der Waals surface area (Å²) in [5, 5.41) is 14.3. The van der Waals surface area contributed by atoms with Crippen molar-refractivity contribution in [2.24, 2.45) is 0 Å². The van der Waals surface area contributed by atoms with Gasteiger partial charge in [-0.3, -0.25) is 0 Å². The van der Waals surface area contributed by atoms with E-state index in [9.17, 15) is 9.90 Å². The fourth-order valence-electron chi connectivity index (χ4n) is 2.11. The third-order valence-corrected chi connectivity index (χ3v) is 3.16. The van der Waals surface area contributed by atoms with Crippen molar-refractivity contribution in [1.29, 1.82) is 0 Å². The molecule has 0 fully saturated rings. The SMILES string of the molecule is CCOC(=O)c1nc2ccnn2c(O)c1OCc1ccccc1. The quantitative estimate of drug-likeness (QED) is 0.727. The molecule has 0 saturated heterocycles. The maximum atomic E-state index is 12.1. The monoisotopic (exact) mass is 313 g/mol. The van der Waals surface area contributed by atoms with Crippen molar-refractivity contribution < 1.29 is 19.4 Å². The number of esters is 1. The van der Waals surface area contributed by atoms with Crippen molar-refractivity contribution in [1.82, 2.24) is 14.6 Å². The summed E-state index contributed by atoms with van der Waals surface area (Å²) in [6, 6.07) is 11.0. The normalized spacial score (nSPS) is 10.7. The Hall–Kier alpha value is -3.09. The van der Waals surface area contributed by atoms with Gasteiger partial charge in [0.1, 0.15) is 6.61 Å². The van der Waals surface area contributed by atoms with Gasteiger partial charge in [0, 0.05) is 6.07 Å². The molecule has 0 aliphatic heterocycles. The second-order valence-corrected chi connectivity index (χ2v) is 4.71. The summed E-state index contributed by atoms with van der Waals surface area (Å²) in [6.07, 6.45) is 1.47. The highest BCUT2D eigenvalue weighted by Crippen LogP contribution is 2.31. The van der Waals surface area contributed by atoms with E-state index in [4.69, 9.17) is 9.47 Å². The first kappa shape index (κ1) is 14.8. The smallest absolute Gasteiger partial charge is 0.361 e. The van der Waals surface area contributed by atoms with Crippen LogP contribution in [-0.2, 0) is 11.3 Å². The van der Waals surface area contributed by atoms with Gasteiger partial charge in [-0.1, -0.05) is 30.3 Å². The highest BCUT2D eigenvalue weighted by molar-refractivity contribution is 5.91. The van der Waals surface area contributed by atoms with E-state index in [1.54, 1.807) is 13.0 Å². The lowest BCUT2D eigenvalue weighted by molar-refractivity contribution is 0.0512. The summed E-state index contributed by atoms with van der Waals surface area (Å²) in [6.45, 7) is 2.07. The summed E-state index contributed by atoms with van der Waals surface area (Å²) in [5.41, 5.74) is 1.15. The molecule has 2 aromatic heterocycles. The molecule has 0 radical (unpaired) electrons. The van der Waals surface area contributed by atoms with Crippen molar-refractivity contribution in [2.75, 3.05) is 6.61 Å². The molecule has 0 saturated carbocycles. The topological polar surface area (TPSA) is 86.0 Å². The average molecular weight is 313 g/mol. The summed E-state index contributed by atoms with van der Waals surface area (Å²) >= 11 is 0. The molecule has 1 aromatic carbocycles. The van der Waals surface area contributed by atoms with Gasteiger partial charge in [-0.25, -0.2) is 9.78 Å². The number of aromatic nitrogens is 3. The van der Waals surface area contributed by atoms with Crippen LogP contribution in [0.15, 0.2) is 42.6 Å². The van der Waals surface area contributed by atoms with Gasteiger partial charge in [-0.05, 0) is 12.5 Å². The molecule has 0 aliphatic rings. The highest BCUT2D eigenvalue weighted by Gasteiger charge is 2.23. The van der Waals surface area contributed by atoms with Gasteiger partial charge in [-0.15, -0.1) is 0 Å². The predicted molar refractivity (Wildman–Crippen MR) is 81.4 cm³/mol. The van der Waals surface area contributed by atoms with Crippen LogP contribution in [0.4, 0.5) is 0 Å². The first-order valence-corrected chi connectivity index (χ1v) is 7.11. The number of rotatable bonds is 5. The van der Waals surface area contributed by atoms with Crippen molar-refractivity contribution in [3.8, 4) is 11.6 Å². The van der Waals surface area contributed by atoms with Gasteiger partial charge in [0.15, 0.2) is 11.3 Å². The van der Waals surface area contributed by atoms with E-state index in [0.717, 1.165) is 5.56 Å². The second-order valence-electron chi connectivity index (χ2n) is 4.71. The highest BCUT2D eigenvalue weighted by atomic mass is 16.5. The molecular weight excluding hydrogens is 298 g/mol. The molecule has 1 N–H and O–H groups in total. The Morgan fingerprint density at radius 2 is 2.04 bits per heavy atom. The van der Waals surface area contributed by atoms with Crippen LogP contribution in [0.5, 0.6) is 11.6 Å². The Labute approximate surface area is 132 Å². The van der Waals surface area contributed by atoms with E-state index < -0.39 is 5.97 Å². The lowest BCUT2D eigenvalue weighted by Crippen LogP contribution is -2.12. The van der Waals surface area contributed by atoms with Crippen LogP contribution in [0, 0.1) is 0 Å². The van der Waals surface area contributed by atoms with E-state index in [2.05, 4.69) is 10.1 Å². The van der Waals surface area contributed by atoms with Crippen molar-refractivity contribution in [3.63, 3.8) is 0 Å². The first-order chi connectivity index (χ1) is 11.2. The zero-order valence-electron chi connectivity index (χ0n) is 12.5. The number of fused-ring (bicyclic) bond motifs is 1. The predicted octanol–water partition coefficient (Wildman–Crippen LogP) is 2.19. The fraction of sp³-hybridized carbons (Fsp3) is 0.188. The van der Waals surface area contributed by atoms with E-state index in [-0.39, 0.29) is 30.5 Å². The molecule has 7 nitrogen and oxygen atoms in total. The van der Waals surface area contributed by atoms with Crippen molar-refractivity contribution in [3.05, 3.63) is 53.9 Å². The molecule has 23 heavy (non-hydrogen) atoms. The number of hydrogen-bond donors (Lipinski definition) is 1. The Kier molecular flexibility index (Phi) is 4.09. The largest absolute Gasteiger partial charge is 0.491 e. The Balaban J connectivity index is 2.00. The minimum atomic E-state index is -0.658. The number of aromatic hydroxyl groups is 1. The number of hydrogen-bond acceptors (Lipinski definition) is 6. The van der Waals surface area contributed by atoms with E-state index >= 15 is 0 Å². The van der Waals surface area contributed by atoms with Crippen molar-refractivity contribution >= 4 is 11.6 Å². The first-order valence-electron chi connectivity index (χ1n) is 7.11. The molecular formula is C16H15N3O4. The molecule has 3 aromatic rings. The zero-order chi connectivity index (χ0) is 16.2. The summed E-state index contributed by atoms with van der Waals surface area (Å²) in [7, 11) is 0. The van der Waals surface area contributed by atoms with Gasteiger partial charge < -0.3 is 14.6 Å². The number of carbonyl (C=O) groups is 1. The molecule has 118 valence electrons. The fourth-order valence-corrected chi connectivity index (χ4v) is 2.11. The van der Waals surface area contributed by atoms with E-state index in [1.807, 2.05) is 30.3 Å². The summed E-state index contributed by atoms with van der Waals surface area (Å²) in [4.78, 5) is 16.3. The number of ether oxygens (including phenoxy) is 2. The number of carbonyl (C=O) groups excluding carboxylic acids is 1. The summed E-state index contributed by atoms with van der Waals surface area (Å²) in [5.74, 6) is -1.00. The molecule has 0 amide bonds. The molecule has 0 spiro atoms. The minimum Gasteiger partial charge on any atom is -0.491 e. The van der Waals surface area contributed by atoms with Crippen LogP contribution in [0.25, 0.3) is 5.65 Å². The zero-order valence-corrected chi connectivity index (χ0v) is 12.5. The molecule has 3 rings (SSSR count). The third-order valence-electron chi connectivity index (χ3n) is 3.16. The third kappa shape index (κ3) is 2.94. The van der Waals surface area contributed by atoms with Crippen LogP contribution in [0.3, 0.4) is 0 Å². The Morgan fingerprint density at radius 1 is 1.26 bits per heavy atom. The molecule has 0 atom stereocenters. The summed E-state index contributed by atoms with van der Waals surface area (Å²) < 4.78 is 11.8. The Morgan fingerprint density at radius 3 is 2.78 bits per heavy atom. The molecule has 0 unspecified atom stereocenters. The molecule has 0 aliphatic carbocycles. The molecule has 7 heteroatoms. The number of benzene rings is 1. The minimum absolute atomic E-state index is 0.0523. The van der Waals surface area contributed by atoms with Gasteiger partial charge in [-0.2, -0.15) is 9.61 Å². The lowest BCUT2D eigenvalue weighted by atomic mass is 10.2. The maximum Gasteiger partial charge on any atom is 0.361 e. The van der Waals surface area contributed by atoms with Crippen LogP contribution in [0.2, 0.25) is 0 Å². The van der Waals surface area contributed by atoms with Crippen LogP contribution >= 0.6 is 0 Å². The van der Waals surface area contributed by atoms with Crippen LogP contribution in [-0.4, -0.2) is 32.3 Å². The van der Waals surface area contributed by atoms with Gasteiger partial charge >= 0.3 is 5.97 Å². The van der Waals surface area contributed by atoms with E-state index in [1.165, 1.54) is 10.7 Å². The van der Waals surface area contributed by atoms with Gasteiger partial charge in [0.25, 0.3) is 5.88 Å². The van der Waals surface area contributed by atoms with Gasteiger partial charge in [0.05, 0.1) is 12.8 Å². The molecule has 0 bridgehead atoms. The standard InChI is InChI=1S/C16H15N3O4/c1-2-22-16(21)13-14(23-10-11-6-4-3-5-7-11)15(20)19-12(18-13)8-9-17-19/h3-9,20H,2,10H2,1H3. The van der Waals surface area contributed by atoms with Gasteiger partial charge in [0.2, 0.25) is 5.75 Å². The second kappa shape index (κ2) is 6.35. The Bertz CT molecular complexity index is 830.